The number of carbonyl (C=O) groups excluding carboxylic acids is 2. The summed E-state index contributed by atoms with van der Waals surface area (Å²) in [4.78, 5) is 42.4. The van der Waals surface area contributed by atoms with Crippen molar-refractivity contribution in [2.45, 2.75) is 15.1 Å². The van der Waals surface area contributed by atoms with Gasteiger partial charge in [-0.2, -0.15) is 0 Å². The molecule has 0 aliphatic carbocycles. The predicted octanol–water partition coefficient (Wildman–Crippen LogP) is 6.96. The number of aliphatic hydroxyl groups excluding tert-OH is 1. The van der Waals surface area contributed by atoms with Crippen molar-refractivity contribution in [3.05, 3.63) is 110 Å². The molecule has 1 aromatic heterocycles. The minimum Gasteiger partial charge on any atom is -0.507 e. The fraction of sp³-hybridized carbons (Fsp3) is 0.0385. The van der Waals surface area contributed by atoms with Crippen LogP contribution in [-0.2, 0) is 19.4 Å². The van der Waals surface area contributed by atoms with Crippen LogP contribution in [0.15, 0.2) is 92.8 Å². The van der Waals surface area contributed by atoms with E-state index in [4.69, 9.17) is 34.8 Å². The fourth-order valence-corrected chi connectivity index (χ4v) is 7.28. The molecule has 0 radical (unpaired) electrons. The second-order valence-corrected chi connectivity index (χ2v) is 12.9. The second kappa shape index (κ2) is 10.8. The van der Waals surface area contributed by atoms with Crippen LogP contribution in [0.3, 0.4) is 0 Å². The average Bonchev–Trinajstić information content (AvgIpc) is 3.52. The van der Waals surface area contributed by atoms with Crippen molar-refractivity contribution in [3.63, 3.8) is 0 Å². The molecular weight excluding hydrogens is 621 g/mol. The average molecular weight is 635 g/mol. The van der Waals surface area contributed by atoms with Crippen LogP contribution in [-0.4, -0.2) is 30.2 Å². The Morgan fingerprint density at radius 3 is 2.23 bits per heavy atom. The Balaban J connectivity index is 1.66. The van der Waals surface area contributed by atoms with E-state index in [-0.39, 0.29) is 41.6 Å². The van der Waals surface area contributed by atoms with Gasteiger partial charge in [0.2, 0.25) is 9.84 Å². The minimum atomic E-state index is -4.10. The molecule has 1 N–H and O–H groups in total. The number of hydrogen-bond acceptors (Lipinski definition) is 9. The lowest BCUT2D eigenvalue weighted by Crippen LogP contribution is -2.29. The van der Waals surface area contributed by atoms with E-state index in [2.05, 4.69) is 10.2 Å². The summed E-state index contributed by atoms with van der Waals surface area (Å²) in [5, 5.41) is 14.6. The molecule has 1 aliphatic rings. The van der Waals surface area contributed by atoms with Gasteiger partial charge in [-0.25, -0.2) is 13.4 Å². The van der Waals surface area contributed by atoms with Crippen molar-refractivity contribution in [3.8, 4) is 0 Å². The van der Waals surface area contributed by atoms with Crippen LogP contribution in [0.25, 0.3) is 5.76 Å². The van der Waals surface area contributed by atoms with Crippen molar-refractivity contribution in [2.75, 3.05) is 4.90 Å². The van der Waals surface area contributed by atoms with Gasteiger partial charge in [0.1, 0.15) is 15.7 Å². The Bertz CT molecular complexity index is 1820. The number of aromatic nitrogens is 1. The molecule has 40 heavy (non-hydrogen) atoms. The van der Waals surface area contributed by atoms with Gasteiger partial charge in [0, 0.05) is 20.6 Å². The van der Waals surface area contributed by atoms with E-state index in [1.54, 1.807) is 0 Å². The maximum atomic E-state index is 13.4. The third kappa shape index (κ3) is 4.91. The van der Waals surface area contributed by atoms with Crippen molar-refractivity contribution in [1.82, 2.24) is 4.98 Å². The molecule has 4 aromatic rings. The van der Waals surface area contributed by atoms with E-state index in [0.29, 0.717) is 21.4 Å². The van der Waals surface area contributed by atoms with Gasteiger partial charge in [-0.1, -0.05) is 52.2 Å². The van der Waals surface area contributed by atoms with Gasteiger partial charge in [-0.15, -0.1) is 4.91 Å². The molecule has 2 heterocycles. The maximum absolute atomic E-state index is 13.4. The monoisotopic (exact) mass is 633 g/mol. The highest BCUT2D eigenvalue weighted by Gasteiger charge is 2.49. The topological polar surface area (TPSA) is 134 Å². The highest BCUT2D eigenvalue weighted by Crippen LogP contribution is 2.46. The van der Waals surface area contributed by atoms with Crippen LogP contribution in [0, 0.1) is 4.91 Å². The lowest BCUT2D eigenvalue weighted by atomic mass is 9.95. The first kappa shape index (κ1) is 27.9. The van der Waals surface area contributed by atoms with Crippen LogP contribution in [0.5, 0.6) is 0 Å². The number of benzene rings is 3. The lowest BCUT2D eigenvalue weighted by molar-refractivity contribution is -0.132. The van der Waals surface area contributed by atoms with Gasteiger partial charge in [-0.05, 0) is 71.4 Å². The fourth-order valence-electron chi connectivity index (χ4n) is 4.10. The summed E-state index contributed by atoms with van der Waals surface area (Å²) >= 11 is 19.2. The molecule has 0 saturated carbocycles. The lowest BCUT2D eigenvalue weighted by Gasteiger charge is -2.24. The first-order valence-electron chi connectivity index (χ1n) is 11.2. The number of thiazole rings is 1. The van der Waals surface area contributed by atoms with Crippen LogP contribution < -0.4 is 4.90 Å². The number of anilines is 1. The van der Waals surface area contributed by atoms with Crippen LogP contribution in [0.1, 0.15) is 17.2 Å². The van der Waals surface area contributed by atoms with E-state index in [9.17, 15) is 28.0 Å². The molecule has 1 amide bonds. The largest absolute Gasteiger partial charge is 0.507 e. The summed E-state index contributed by atoms with van der Waals surface area (Å²) < 4.78 is 26.2. The number of rotatable bonds is 6. The number of carbonyl (C=O) groups is 2. The van der Waals surface area contributed by atoms with Gasteiger partial charge in [0.25, 0.3) is 5.78 Å². The molecule has 1 unspecified atom stereocenters. The molecule has 1 fully saturated rings. The van der Waals surface area contributed by atoms with Gasteiger partial charge in [0.15, 0.2) is 5.13 Å². The number of amides is 1. The Labute approximate surface area is 246 Å². The molecule has 0 bridgehead atoms. The molecule has 1 aliphatic heterocycles. The summed E-state index contributed by atoms with van der Waals surface area (Å²) in [5.41, 5.74) is 0.228. The van der Waals surface area contributed by atoms with E-state index in [1.807, 2.05) is 0 Å². The van der Waals surface area contributed by atoms with Crippen molar-refractivity contribution in [2.24, 2.45) is 5.18 Å². The first-order valence-corrected chi connectivity index (χ1v) is 14.6. The van der Waals surface area contributed by atoms with E-state index >= 15 is 0 Å². The zero-order chi connectivity index (χ0) is 28.8. The minimum absolute atomic E-state index is 0.0487. The van der Waals surface area contributed by atoms with E-state index in [1.165, 1.54) is 66.7 Å². The first-order chi connectivity index (χ1) is 19.0. The Kier molecular flexibility index (Phi) is 7.51. The number of hydrogen-bond donors (Lipinski definition) is 1. The quantitative estimate of drug-likeness (QED) is 0.105. The zero-order valence-electron chi connectivity index (χ0n) is 19.8. The summed E-state index contributed by atoms with van der Waals surface area (Å²) in [7, 11) is -4.10. The molecule has 202 valence electrons. The summed E-state index contributed by atoms with van der Waals surface area (Å²) in [6, 6.07) is 14.1. The molecule has 14 heteroatoms. The van der Waals surface area contributed by atoms with Crippen LogP contribution in [0.4, 0.5) is 10.8 Å². The molecule has 9 nitrogen and oxygen atoms in total. The number of ketones is 1. The summed E-state index contributed by atoms with van der Waals surface area (Å²) in [6.45, 7) is 0. The van der Waals surface area contributed by atoms with Crippen molar-refractivity contribution < 1.29 is 23.1 Å². The second-order valence-electron chi connectivity index (χ2n) is 8.39. The molecule has 1 atom stereocenters. The van der Waals surface area contributed by atoms with E-state index < -0.39 is 33.3 Å². The SMILES string of the molecule is O=Nc1ccc(S(=O)(=O)c2cnc(N3C(=O)C(=O)C(=C(O)c4ccc(Cl)cc4)C3c3ccc(Cl)cc3Cl)s2)cc1. The Morgan fingerprint density at radius 2 is 1.60 bits per heavy atom. The molecule has 0 spiro atoms. The van der Waals surface area contributed by atoms with Crippen molar-refractivity contribution in [1.29, 1.82) is 0 Å². The van der Waals surface area contributed by atoms with Crippen LogP contribution in [0.2, 0.25) is 15.1 Å². The normalized spacial score (nSPS) is 16.9. The maximum Gasteiger partial charge on any atom is 0.301 e. The van der Waals surface area contributed by atoms with Gasteiger partial charge in [0.05, 0.1) is 22.7 Å². The van der Waals surface area contributed by atoms with Gasteiger partial charge < -0.3 is 5.11 Å². The van der Waals surface area contributed by atoms with Gasteiger partial charge >= 0.3 is 5.91 Å². The zero-order valence-corrected chi connectivity index (χ0v) is 23.7. The molecule has 5 rings (SSSR count). The Morgan fingerprint density at radius 1 is 0.950 bits per heavy atom. The number of aliphatic hydroxyl groups is 1. The van der Waals surface area contributed by atoms with Crippen molar-refractivity contribution >= 4 is 84.2 Å². The third-order valence-electron chi connectivity index (χ3n) is 6.01. The highest BCUT2D eigenvalue weighted by atomic mass is 35.5. The Hall–Kier alpha value is -3.61. The smallest absolute Gasteiger partial charge is 0.301 e. The predicted molar refractivity (Wildman–Crippen MR) is 152 cm³/mol. The molecule has 1 saturated heterocycles. The van der Waals surface area contributed by atoms with E-state index in [0.717, 1.165) is 11.1 Å². The number of sulfone groups is 1. The standard InChI is InChI=1S/C26H14Cl3N3O6S2/c27-14-3-1-13(2-4-14)23(33)21-22(18-10-5-15(28)11-19(18)29)32(25(35)24(21)34)26-30-12-20(39-26)40(37,38)17-8-6-16(31-36)7-9-17/h1-12,22,33H. The summed E-state index contributed by atoms with van der Waals surface area (Å²) in [5.74, 6) is -2.56. The number of nitrogens with zero attached hydrogens (tertiary/aromatic N) is 3. The van der Waals surface area contributed by atoms with Crippen LogP contribution >= 0.6 is 46.1 Å². The van der Waals surface area contributed by atoms with Gasteiger partial charge in [-0.3, -0.25) is 14.5 Å². The highest BCUT2D eigenvalue weighted by molar-refractivity contribution is 7.93. The number of nitroso groups, excluding NO2 is 1. The number of halogens is 3. The molecule has 3 aromatic carbocycles. The third-order valence-corrected chi connectivity index (χ3v) is 10.1. The summed E-state index contributed by atoms with van der Waals surface area (Å²) in [6.07, 6.45) is 1.06. The number of Topliss-reactive ketones (excluding diaryl/α,β-unsaturated/α-hetero) is 1. The molecular formula is C26H14Cl3N3O6S2.